The van der Waals surface area contributed by atoms with Crippen LogP contribution >= 0.6 is 12.2 Å². The van der Waals surface area contributed by atoms with Crippen molar-refractivity contribution >= 4 is 29.3 Å². The Balaban J connectivity index is 4.46. The Labute approximate surface area is 70.4 Å². The molecule has 0 rings (SSSR count). The van der Waals surface area contributed by atoms with E-state index in [-0.39, 0.29) is 5.92 Å². The smallest absolute Gasteiger partial charge is 0.314 e. The van der Waals surface area contributed by atoms with E-state index in [0.29, 0.717) is 0 Å². The van der Waals surface area contributed by atoms with Crippen LogP contribution in [0.2, 0.25) is 0 Å². The predicted molar refractivity (Wildman–Crippen MR) is 44.6 cm³/mol. The Morgan fingerprint density at radius 2 is 1.91 bits per heavy atom. The van der Waals surface area contributed by atoms with E-state index in [1.165, 1.54) is 0 Å². The molecule has 0 aromatic heterocycles. The highest BCUT2D eigenvalue weighted by Gasteiger charge is 2.27. The average Bonchev–Trinajstić information content (AvgIpc) is 1.85. The quantitative estimate of drug-likeness (QED) is 0.508. The molecule has 11 heavy (non-hydrogen) atoms. The maximum Gasteiger partial charge on any atom is 0.314 e. The van der Waals surface area contributed by atoms with Gasteiger partial charge in [-0.3, -0.25) is 9.59 Å². The molecule has 0 fully saturated rings. The molecular weight excluding hydrogens is 164 g/mol. The molecule has 0 aromatic carbocycles. The molecule has 0 aliphatic carbocycles. The fourth-order valence-corrected chi connectivity index (χ4v) is 0.955. The van der Waals surface area contributed by atoms with Crippen molar-refractivity contribution in [3.8, 4) is 0 Å². The lowest BCUT2D eigenvalue weighted by molar-refractivity contribution is -0.146. The Morgan fingerprint density at radius 3 is 2.00 bits per heavy atom. The molecule has 0 radical (unpaired) electrons. The van der Waals surface area contributed by atoms with Crippen LogP contribution in [0.25, 0.3) is 0 Å². The summed E-state index contributed by atoms with van der Waals surface area (Å²) in [6.07, 6.45) is 0. The molecule has 0 bridgehead atoms. The van der Waals surface area contributed by atoms with Gasteiger partial charge in [-0.25, -0.2) is 0 Å². The minimum Gasteiger partial charge on any atom is -0.481 e. The largest absolute Gasteiger partial charge is 0.481 e. The summed E-state index contributed by atoms with van der Waals surface area (Å²) in [5.41, 5.74) is 0. The average molecular weight is 174 g/mol. The number of hydrogen-bond acceptors (Lipinski definition) is 3. The highest BCUT2D eigenvalue weighted by atomic mass is 32.1. The Kier molecular flexibility index (Phi) is 3.89. The van der Waals surface area contributed by atoms with Crippen LogP contribution in [-0.4, -0.2) is 22.2 Å². The van der Waals surface area contributed by atoms with Gasteiger partial charge in [0.15, 0.2) is 5.78 Å². The van der Waals surface area contributed by atoms with Crippen molar-refractivity contribution in [2.75, 3.05) is 0 Å². The number of carbonyl (C=O) groups excluding carboxylic acids is 1. The molecule has 0 heterocycles. The summed E-state index contributed by atoms with van der Waals surface area (Å²) in [4.78, 5) is 21.3. The summed E-state index contributed by atoms with van der Waals surface area (Å²) >= 11 is 4.35. The highest BCUT2D eigenvalue weighted by molar-refractivity contribution is 7.80. The zero-order chi connectivity index (χ0) is 9.02. The molecule has 0 spiro atoms. The zero-order valence-electron chi connectivity index (χ0n) is 6.40. The van der Waals surface area contributed by atoms with Gasteiger partial charge >= 0.3 is 5.97 Å². The maximum absolute atomic E-state index is 10.9. The first-order valence-corrected chi connectivity index (χ1v) is 3.69. The predicted octanol–water partition coefficient (Wildman–Crippen LogP) is 0.912. The monoisotopic (exact) mass is 174 g/mol. The van der Waals surface area contributed by atoms with E-state index in [1.807, 2.05) is 0 Å². The van der Waals surface area contributed by atoms with Crippen LogP contribution in [0.3, 0.4) is 0 Å². The van der Waals surface area contributed by atoms with Crippen molar-refractivity contribution < 1.29 is 14.7 Å². The molecule has 1 unspecified atom stereocenters. The normalized spacial score (nSPS) is 12.6. The molecule has 0 aliphatic heterocycles. The summed E-state index contributed by atoms with van der Waals surface area (Å²) in [6.45, 7) is 3.35. The van der Waals surface area contributed by atoms with Crippen LogP contribution in [-0.2, 0) is 9.59 Å². The summed E-state index contributed by atoms with van der Waals surface area (Å²) in [6, 6.07) is 0. The van der Waals surface area contributed by atoms with Crippen molar-refractivity contribution in [2.24, 2.45) is 11.8 Å². The fourth-order valence-electron chi connectivity index (χ4n) is 0.809. The summed E-state index contributed by atoms with van der Waals surface area (Å²) in [7, 11) is 0. The van der Waals surface area contributed by atoms with Gasteiger partial charge < -0.3 is 5.11 Å². The number of carboxylic acids is 1. The van der Waals surface area contributed by atoms with Crippen LogP contribution in [0.1, 0.15) is 13.8 Å². The third-order valence-electron chi connectivity index (χ3n) is 1.36. The van der Waals surface area contributed by atoms with Crippen LogP contribution < -0.4 is 0 Å². The van der Waals surface area contributed by atoms with Gasteiger partial charge in [0.25, 0.3) is 0 Å². The number of rotatable bonds is 4. The molecule has 1 atom stereocenters. The molecule has 0 aromatic rings. The van der Waals surface area contributed by atoms with Crippen molar-refractivity contribution in [3.05, 3.63) is 0 Å². The van der Waals surface area contributed by atoms with Crippen LogP contribution in [0.15, 0.2) is 0 Å². The van der Waals surface area contributed by atoms with E-state index >= 15 is 0 Å². The molecular formula is C7H10O3S. The number of ketones is 1. The highest BCUT2D eigenvalue weighted by Crippen LogP contribution is 2.11. The van der Waals surface area contributed by atoms with E-state index in [0.717, 1.165) is 5.37 Å². The number of thiocarbonyl (C=S) groups is 1. The van der Waals surface area contributed by atoms with Gasteiger partial charge in [0, 0.05) is 5.37 Å². The second-order valence-electron chi connectivity index (χ2n) is 2.58. The summed E-state index contributed by atoms with van der Waals surface area (Å²) < 4.78 is 0. The van der Waals surface area contributed by atoms with Gasteiger partial charge in [-0.05, 0) is 5.92 Å². The molecule has 4 heteroatoms. The lowest BCUT2D eigenvalue weighted by Crippen LogP contribution is -2.28. The number of Topliss-reactive ketones (excluding diaryl/α,β-unsaturated/α-hetero) is 1. The number of hydrogen-bond donors (Lipinski definition) is 1. The Hall–Kier alpha value is -0.770. The lowest BCUT2D eigenvalue weighted by atomic mass is 9.93. The van der Waals surface area contributed by atoms with Crippen molar-refractivity contribution in [1.29, 1.82) is 0 Å². The minimum absolute atomic E-state index is 0.209. The molecule has 0 amide bonds. The third-order valence-corrected chi connectivity index (χ3v) is 1.59. The second-order valence-corrected chi connectivity index (χ2v) is 2.82. The SMILES string of the molecule is CC(C)C(C(=O)O)C(=O)C=S. The standard InChI is InChI=1S/C7H10O3S/c1-4(2)6(7(9)10)5(8)3-11/h3-4,6H,1-2H3,(H,9,10). The number of aliphatic carboxylic acids is 1. The first-order chi connectivity index (χ1) is 5.00. The van der Waals surface area contributed by atoms with Crippen molar-refractivity contribution in [3.63, 3.8) is 0 Å². The third kappa shape index (κ3) is 2.76. The minimum atomic E-state index is -1.11. The van der Waals surface area contributed by atoms with Gasteiger partial charge in [0.1, 0.15) is 5.92 Å². The van der Waals surface area contributed by atoms with Gasteiger partial charge in [0.2, 0.25) is 0 Å². The van der Waals surface area contributed by atoms with Gasteiger partial charge in [-0.15, -0.1) is 0 Å². The van der Waals surface area contributed by atoms with E-state index in [4.69, 9.17) is 5.11 Å². The van der Waals surface area contributed by atoms with E-state index in [1.54, 1.807) is 13.8 Å². The molecule has 1 N–H and O–H groups in total. The topological polar surface area (TPSA) is 54.4 Å². The van der Waals surface area contributed by atoms with Gasteiger partial charge in [-0.1, -0.05) is 26.1 Å². The first-order valence-electron chi connectivity index (χ1n) is 3.22. The molecule has 62 valence electrons. The lowest BCUT2D eigenvalue weighted by Gasteiger charge is -2.11. The molecule has 0 saturated heterocycles. The number of carbonyl (C=O) groups is 2. The van der Waals surface area contributed by atoms with E-state index < -0.39 is 17.7 Å². The second kappa shape index (κ2) is 4.18. The molecule has 0 saturated carbocycles. The number of carboxylic acid groups (broad SMARTS) is 1. The van der Waals surface area contributed by atoms with E-state index in [9.17, 15) is 9.59 Å². The van der Waals surface area contributed by atoms with Crippen LogP contribution in [0, 0.1) is 11.8 Å². The summed E-state index contributed by atoms with van der Waals surface area (Å²) in [5.74, 6) is -2.79. The van der Waals surface area contributed by atoms with Crippen molar-refractivity contribution in [1.82, 2.24) is 0 Å². The zero-order valence-corrected chi connectivity index (χ0v) is 7.22. The molecule has 0 aliphatic rings. The Bertz CT molecular complexity index is 186. The maximum atomic E-state index is 10.9. The first kappa shape index (κ1) is 10.2. The molecule has 3 nitrogen and oxygen atoms in total. The Morgan fingerprint density at radius 1 is 1.45 bits per heavy atom. The van der Waals surface area contributed by atoms with Crippen LogP contribution in [0.5, 0.6) is 0 Å². The van der Waals surface area contributed by atoms with Gasteiger partial charge in [-0.2, -0.15) is 0 Å². The van der Waals surface area contributed by atoms with Crippen molar-refractivity contribution in [2.45, 2.75) is 13.8 Å². The fraction of sp³-hybridized carbons (Fsp3) is 0.571. The van der Waals surface area contributed by atoms with E-state index in [2.05, 4.69) is 12.2 Å². The van der Waals surface area contributed by atoms with Crippen LogP contribution in [0.4, 0.5) is 0 Å². The van der Waals surface area contributed by atoms with Gasteiger partial charge in [0.05, 0.1) is 0 Å². The summed E-state index contributed by atoms with van der Waals surface area (Å²) in [5, 5.41) is 9.45.